The van der Waals surface area contributed by atoms with Gasteiger partial charge in [-0.25, -0.2) is 0 Å². The molecule has 1 aromatic heterocycles. The summed E-state index contributed by atoms with van der Waals surface area (Å²) >= 11 is 0. The fourth-order valence-electron chi connectivity index (χ4n) is 2.14. The maximum absolute atomic E-state index is 12.1. The van der Waals surface area contributed by atoms with E-state index < -0.39 is 0 Å². The van der Waals surface area contributed by atoms with Crippen LogP contribution in [0.3, 0.4) is 0 Å². The third-order valence-corrected chi connectivity index (χ3v) is 3.64. The minimum atomic E-state index is 0.0943. The second kappa shape index (κ2) is 6.03. The van der Waals surface area contributed by atoms with Crippen LogP contribution in [0.15, 0.2) is 0 Å². The Morgan fingerprint density at radius 2 is 2.00 bits per heavy atom. The third-order valence-electron chi connectivity index (χ3n) is 3.64. The lowest BCUT2D eigenvalue weighted by Crippen LogP contribution is -2.31. The number of hydrogen-bond donors (Lipinski definition) is 0. The number of nitrogens with zero attached hydrogens (tertiary/aromatic N) is 3. The number of amides is 1. The van der Waals surface area contributed by atoms with Gasteiger partial charge in [0.05, 0.1) is 5.69 Å². The van der Waals surface area contributed by atoms with Crippen molar-refractivity contribution in [3.05, 3.63) is 17.0 Å². The molecular weight excluding hydrogens is 226 g/mol. The van der Waals surface area contributed by atoms with Crippen LogP contribution in [0.25, 0.3) is 0 Å². The summed E-state index contributed by atoms with van der Waals surface area (Å²) in [6, 6.07) is 0. The third kappa shape index (κ3) is 2.92. The van der Waals surface area contributed by atoms with Crippen LogP contribution in [-0.4, -0.2) is 27.6 Å². The summed E-state index contributed by atoms with van der Waals surface area (Å²) in [7, 11) is 1.87. The van der Waals surface area contributed by atoms with E-state index in [4.69, 9.17) is 0 Å². The first kappa shape index (κ1) is 14.7. The molecule has 0 radical (unpaired) electrons. The van der Waals surface area contributed by atoms with Crippen LogP contribution < -0.4 is 0 Å². The van der Waals surface area contributed by atoms with Gasteiger partial charge in [0.15, 0.2) is 0 Å². The molecule has 0 saturated heterocycles. The molecular formula is C14H25N3O. The largest absolute Gasteiger partial charge is 0.341 e. The van der Waals surface area contributed by atoms with Crippen LogP contribution in [0, 0.1) is 19.8 Å². The molecule has 0 aliphatic rings. The summed E-state index contributed by atoms with van der Waals surface area (Å²) in [6.07, 6.45) is 0.884. The van der Waals surface area contributed by atoms with Gasteiger partial charge in [-0.15, -0.1) is 0 Å². The molecule has 0 spiro atoms. The van der Waals surface area contributed by atoms with Gasteiger partial charge in [-0.2, -0.15) is 5.10 Å². The number of aryl methyl sites for hydroxylation is 2. The number of aromatic nitrogens is 2. The molecule has 0 aromatic carbocycles. The van der Waals surface area contributed by atoms with Crippen LogP contribution in [0.4, 0.5) is 0 Å². The molecule has 0 bridgehead atoms. The first-order valence-corrected chi connectivity index (χ1v) is 6.70. The Morgan fingerprint density at radius 1 is 1.39 bits per heavy atom. The summed E-state index contributed by atoms with van der Waals surface area (Å²) < 4.78 is 1.99. The molecule has 1 rings (SSSR count). The second-order valence-electron chi connectivity index (χ2n) is 4.97. The van der Waals surface area contributed by atoms with Crippen molar-refractivity contribution in [2.24, 2.45) is 5.92 Å². The van der Waals surface area contributed by atoms with Gasteiger partial charge < -0.3 is 4.90 Å². The predicted molar refractivity (Wildman–Crippen MR) is 73.3 cm³/mol. The normalized spacial score (nSPS) is 12.6. The topological polar surface area (TPSA) is 38.1 Å². The van der Waals surface area contributed by atoms with E-state index in [0.29, 0.717) is 6.54 Å². The molecule has 0 N–H and O–H groups in total. The van der Waals surface area contributed by atoms with Crippen molar-refractivity contribution in [1.82, 2.24) is 14.7 Å². The van der Waals surface area contributed by atoms with E-state index in [1.54, 1.807) is 0 Å². The molecule has 4 heteroatoms. The lowest BCUT2D eigenvalue weighted by molar-refractivity contribution is -0.134. The number of carbonyl (C=O) groups excluding carboxylic acids is 1. The van der Waals surface area contributed by atoms with Crippen LogP contribution in [0.5, 0.6) is 0 Å². The Balaban J connectivity index is 2.85. The van der Waals surface area contributed by atoms with E-state index in [1.807, 2.05) is 37.4 Å². The summed E-state index contributed by atoms with van der Waals surface area (Å²) in [4.78, 5) is 13.9. The zero-order valence-electron chi connectivity index (χ0n) is 12.4. The Bertz CT molecular complexity index is 423. The Hall–Kier alpha value is -1.32. The summed E-state index contributed by atoms with van der Waals surface area (Å²) in [5.41, 5.74) is 3.37. The highest BCUT2D eigenvalue weighted by atomic mass is 16.2. The van der Waals surface area contributed by atoms with Crippen LogP contribution >= 0.6 is 0 Å². The zero-order valence-corrected chi connectivity index (χ0v) is 12.4. The van der Waals surface area contributed by atoms with Gasteiger partial charge in [0.2, 0.25) is 5.91 Å². The second-order valence-corrected chi connectivity index (χ2v) is 4.97. The quantitative estimate of drug-likeness (QED) is 0.806. The number of hydrogen-bond acceptors (Lipinski definition) is 2. The molecule has 4 nitrogen and oxygen atoms in total. The highest BCUT2D eigenvalue weighted by molar-refractivity contribution is 5.78. The number of rotatable bonds is 5. The van der Waals surface area contributed by atoms with Crippen molar-refractivity contribution in [1.29, 1.82) is 0 Å². The van der Waals surface area contributed by atoms with Crippen molar-refractivity contribution in [2.75, 3.05) is 7.05 Å². The fourth-order valence-corrected chi connectivity index (χ4v) is 2.14. The summed E-state index contributed by atoms with van der Waals surface area (Å²) in [5, 5.41) is 4.48. The van der Waals surface area contributed by atoms with Gasteiger partial charge >= 0.3 is 0 Å². The Labute approximate surface area is 110 Å². The molecule has 102 valence electrons. The van der Waals surface area contributed by atoms with Gasteiger partial charge in [-0.1, -0.05) is 13.8 Å². The average Bonchev–Trinajstić information content (AvgIpc) is 2.63. The lowest BCUT2D eigenvalue weighted by atomic mass is 10.1. The molecule has 1 heterocycles. The van der Waals surface area contributed by atoms with Crippen molar-refractivity contribution < 1.29 is 4.79 Å². The smallest absolute Gasteiger partial charge is 0.225 e. The molecule has 1 aromatic rings. The highest BCUT2D eigenvalue weighted by Gasteiger charge is 2.19. The zero-order chi connectivity index (χ0) is 13.9. The van der Waals surface area contributed by atoms with Crippen molar-refractivity contribution >= 4 is 5.91 Å². The van der Waals surface area contributed by atoms with E-state index in [-0.39, 0.29) is 11.8 Å². The van der Waals surface area contributed by atoms with E-state index in [0.717, 1.165) is 18.7 Å². The average molecular weight is 251 g/mol. The van der Waals surface area contributed by atoms with E-state index in [2.05, 4.69) is 18.9 Å². The first-order chi connectivity index (χ1) is 8.42. The standard InChI is InChI=1S/C14H25N3O/c1-7-10(3)14(18)16(6)9-13-11(4)15-17(8-2)12(13)5/h10H,7-9H2,1-6H3. The fraction of sp³-hybridized carbons (Fsp3) is 0.714. The van der Waals surface area contributed by atoms with E-state index >= 15 is 0 Å². The molecule has 1 amide bonds. The molecule has 0 aliphatic heterocycles. The lowest BCUT2D eigenvalue weighted by Gasteiger charge is -2.21. The molecule has 1 atom stereocenters. The van der Waals surface area contributed by atoms with Crippen LogP contribution in [-0.2, 0) is 17.9 Å². The molecule has 1 unspecified atom stereocenters. The minimum Gasteiger partial charge on any atom is -0.341 e. The maximum atomic E-state index is 12.1. The van der Waals surface area contributed by atoms with Gasteiger partial charge in [0.1, 0.15) is 0 Å². The van der Waals surface area contributed by atoms with Gasteiger partial charge in [-0.3, -0.25) is 9.48 Å². The van der Waals surface area contributed by atoms with Crippen molar-refractivity contribution in [2.45, 2.75) is 54.1 Å². The predicted octanol–water partition coefficient (Wildman–Crippen LogP) is 2.52. The molecule has 0 aliphatic carbocycles. The molecule has 18 heavy (non-hydrogen) atoms. The van der Waals surface area contributed by atoms with Gasteiger partial charge in [0.25, 0.3) is 0 Å². The van der Waals surface area contributed by atoms with E-state index in [9.17, 15) is 4.79 Å². The molecule has 0 fully saturated rings. The summed E-state index contributed by atoms with van der Waals surface area (Å²) in [6.45, 7) is 11.7. The van der Waals surface area contributed by atoms with Crippen LogP contribution in [0.1, 0.15) is 44.1 Å². The van der Waals surface area contributed by atoms with Crippen LogP contribution in [0.2, 0.25) is 0 Å². The first-order valence-electron chi connectivity index (χ1n) is 6.70. The minimum absolute atomic E-state index is 0.0943. The van der Waals surface area contributed by atoms with E-state index in [1.165, 1.54) is 11.3 Å². The van der Waals surface area contributed by atoms with Gasteiger partial charge in [0, 0.05) is 37.3 Å². The van der Waals surface area contributed by atoms with Crippen molar-refractivity contribution in [3.63, 3.8) is 0 Å². The Morgan fingerprint density at radius 3 is 2.44 bits per heavy atom. The SMILES string of the molecule is CCC(C)C(=O)N(C)Cc1c(C)nn(CC)c1C. The highest BCUT2D eigenvalue weighted by Crippen LogP contribution is 2.16. The monoisotopic (exact) mass is 251 g/mol. The van der Waals surface area contributed by atoms with Gasteiger partial charge in [-0.05, 0) is 27.2 Å². The maximum Gasteiger partial charge on any atom is 0.225 e. The summed E-state index contributed by atoms with van der Waals surface area (Å²) in [5.74, 6) is 0.303. The Kier molecular flexibility index (Phi) is 4.93. The van der Waals surface area contributed by atoms with Crippen molar-refractivity contribution in [3.8, 4) is 0 Å². The molecule has 0 saturated carbocycles. The number of carbonyl (C=O) groups is 1.